The van der Waals surface area contributed by atoms with Crippen molar-refractivity contribution in [1.29, 1.82) is 0 Å². The first-order valence-electron chi connectivity index (χ1n) is 8.84. The zero-order valence-corrected chi connectivity index (χ0v) is 15.0. The van der Waals surface area contributed by atoms with Gasteiger partial charge in [0.1, 0.15) is 6.10 Å². The predicted octanol–water partition coefficient (Wildman–Crippen LogP) is 1.94. The highest BCUT2D eigenvalue weighted by atomic mass is 32.1. The van der Waals surface area contributed by atoms with Crippen LogP contribution in [-0.2, 0) is 11.3 Å². The minimum atomic E-state index is -1.73. The van der Waals surface area contributed by atoms with E-state index in [1.165, 1.54) is 20.2 Å². The largest absolute Gasteiger partial charge is 0.481 e. The molecule has 9 heteroatoms. The van der Waals surface area contributed by atoms with E-state index in [-0.39, 0.29) is 24.1 Å². The predicted molar refractivity (Wildman–Crippen MR) is 93.9 cm³/mol. The second-order valence-corrected chi connectivity index (χ2v) is 6.71. The molecule has 1 amide bonds. The Labute approximate surface area is 153 Å². The second kappa shape index (κ2) is 7.75. The molecule has 0 unspecified atom stereocenters. The summed E-state index contributed by atoms with van der Waals surface area (Å²) < 4.78 is 28.0. The van der Waals surface area contributed by atoms with Gasteiger partial charge in [0, 0.05) is 58.5 Å². The summed E-state index contributed by atoms with van der Waals surface area (Å²) in [6.45, 7) is 1.98. The Balaban J connectivity index is 1.70. The molecule has 0 bridgehead atoms. The van der Waals surface area contributed by atoms with E-state index in [1.807, 2.05) is 6.92 Å². The quantitative estimate of drug-likeness (QED) is 0.837. The molecule has 2 aromatic heterocycles. The molecule has 0 aliphatic carbocycles. The number of likely N-dealkylation sites (tertiary alicyclic amines) is 1. The van der Waals surface area contributed by atoms with Crippen LogP contribution in [0.15, 0.2) is 18.5 Å². The fourth-order valence-electron chi connectivity index (χ4n) is 2.54. The molecule has 8 nitrogen and oxygen atoms in total. The number of hydrogen-bond acceptors (Lipinski definition) is 8. The van der Waals surface area contributed by atoms with Crippen LogP contribution in [0.25, 0.3) is 0 Å². The number of methoxy groups -OCH3 is 1. The molecule has 0 radical (unpaired) electrons. The Morgan fingerprint density at radius 2 is 2.40 bits per heavy atom. The van der Waals surface area contributed by atoms with Crippen molar-refractivity contribution in [2.75, 3.05) is 19.0 Å². The molecule has 0 spiro atoms. The molecule has 1 aliphatic heterocycles. The lowest BCUT2D eigenvalue weighted by Crippen LogP contribution is -2.27. The molecule has 2 atom stereocenters. The first-order chi connectivity index (χ1) is 12.8. The number of thiazole rings is 1. The van der Waals surface area contributed by atoms with E-state index in [9.17, 15) is 4.79 Å². The van der Waals surface area contributed by atoms with Gasteiger partial charge in [-0.3, -0.25) is 9.69 Å². The first-order valence-corrected chi connectivity index (χ1v) is 8.65. The molecule has 1 fully saturated rings. The third kappa shape index (κ3) is 4.64. The number of nitrogens with zero attached hydrogens (tertiary/aromatic N) is 4. The number of ether oxygens (including phenoxy) is 2. The average Bonchev–Trinajstić information content (AvgIpc) is 3.22. The molecule has 2 aromatic rings. The highest BCUT2D eigenvalue weighted by Crippen LogP contribution is 2.26. The van der Waals surface area contributed by atoms with Crippen LogP contribution in [0, 0.1) is 0 Å². The van der Waals surface area contributed by atoms with Gasteiger partial charge in [-0.25, -0.2) is 9.97 Å². The summed E-state index contributed by atoms with van der Waals surface area (Å²) in [5.41, 5.74) is 0. The molecule has 1 saturated heterocycles. The summed E-state index contributed by atoms with van der Waals surface area (Å²) in [4.78, 5) is 25.6. The van der Waals surface area contributed by atoms with Crippen LogP contribution in [0.2, 0.25) is 0 Å². The fraction of sp³-hybridized carbons (Fsp3) is 0.500. The summed E-state index contributed by atoms with van der Waals surface area (Å²) >= 11 is 1.13. The van der Waals surface area contributed by atoms with Crippen molar-refractivity contribution in [3.8, 4) is 11.9 Å². The highest BCUT2D eigenvalue weighted by molar-refractivity contribution is 7.15. The van der Waals surface area contributed by atoms with Gasteiger partial charge in [-0.05, 0) is 6.92 Å². The lowest BCUT2D eigenvalue weighted by Gasteiger charge is -2.19. The number of hydrogen-bond donors (Lipinski definition) is 1. The van der Waals surface area contributed by atoms with Crippen molar-refractivity contribution in [3.63, 3.8) is 0 Å². The minimum Gasteiger partial charge on any atom is -0.481 e. The van der Waals surface area contributed by atoms with Crippen LogP contribution in [0.4, 0.5) is 5.13 Å². The zero-order chi connectivity index (χ0) is 19.6. The maximum Gasteiger partial charge on any atom is 0.319 e. The second-order valence-electron chi connectivity index (χ2n) is 5.68. The van der Waals surface area contributed by atoms with Crippen LogP contribution >= 0.6 is 11.3 Å². The van der Waals surface area contributed by atoms with Gasteiger partial charge in [0.2, 0.25) is 11.8 Å². The van der Waals surface area contributed by atoms with Crippen molar-refractivity contribution < 1.29 is 17.0 Å². The van der Waals surface area contributed by atoms with Crippen molar-refractivity contribution in [2.24, 2.45) is 0 Å². The van der Waals surface area contributed by atoms with E-state index in [0.29, 0.717) is 28.9 Å². The van der Waals surface area contributed by atoms with Gasteiger partial charge in [0.15, 0.2) is 5.13 Å². The first kappa shape index (κ1) is 15.0. The van der Waals surface area contributed by atoms with Crippen molar-refractivity contribution in [1.82, 2.24) is 19.9 Å². The maximum atomic E-state index is 11.2. The number of anilines is 1. The summed E-state index contributed by atoms with van der Waals surface area (Å²) in [6, 6.07) is 1.78. The topological polar surface area (TPSA) is 89.5 Å². The fourth-order valence-corrected chi connectivity index (χ4v) is 3.32. The Kier molecular flexibility index (Phi) is 4.66. The van der Waals surface area contributed by atoms with Crippen LogP contribution in [0.3, 0.4) is 0 Å². The molecule has 3 rings (SSSR count). The van der Waals surface area contributed by atoms with Gasteiger partial charge in [-0.1, -0.05) is 0 Å². The molecular formula is C16H21N5O3S. The lowest BCUT2D eigenvalue weighted by atomic mass is 10.2. The van der Waals surface area contributed by atoms with Gasteiger partial charge in [-0.15, -0.1) is 11.3 Å². The van der Waals surface area contributed by atoms with E-state index >= 15 is 0 Å². The number of rotatable bonds is 6. The van der Waals surface area contributed by atoms with Gasteiger partial charge in [0.25, 0.3) is 0 Å². The standard InChI is InChI=1S/C16H21N5O3S/c1-10-6-12(24-15-17-5-4-14(20-15)23-3)8-21(10)9-13-7-18-16(25-13)19-11(2)22/h4-5,7,10,12H,6,8-9H2,1-3H3,(H,18,19,22)/t10-,12+/m0/s1/i9D2. The van der Waals surface area contributed by atoms with Gasteiger partial charge < -0.3 is 14.8 Å². The summed E-state index contributed by atoms with van der Waals surface area (Å²) in [5, 5.41) is 2.96. The Bertz CT molecular complexity index is 819. The molecule has 3 heterocycles. The zero-order valence-electron chi connectivity index (χ0n) is 16.2. The summed E-state index contributed by atoms with van der Waals surface area (Å²) in [5.74, 6) is 0.172. The van der Waals surface area contributed by atoms with Crippen LogP contribution in [0.1, 0.15) is 27.9 Å². The number of carbonyl (C=O) groups excluding carboxylic acids is 1. The van der Waals surface area contributed by atoms with Gasteiger partial charge in [0.05, 0.1) is 7.11 Å². The van der Waals surface area contributed by atoms with Crippen molar-refractivity contribution in [2.45, 2.75) is 38.9 Å². The smallest absolute Gasteiger partial charge is 0.319 e. The third-order valence-corrected chi connectivity index (χ3v) is 4.49. The maximum absolute atomic E-state index is 11.2. The highest BCUT2D eigenvalue weighted by Gasteiger charge is 2.31. The minimum absolute atomic E-state index is 0.0538. The van der Waals surface area contributed by atoms with Gasteiger partial charge >= 0.3 is 6.01 Å². The van der Waals surface area contributed by atoms with E-state index in [2.05, 4.69) is 20.3 Å². The summed E-state index contributed by atoms with van der Waals surface area (Å²) in [6.07, 6.45) is 3.40. The van der Waals surface area contributed by atoms with Crippen LogP contribution in [0.5, 0.6) is 11.9 Å². The number of carbonyl (C=O) groups is 1. The SMILES string of the molecule is [2H]C([2H])(c1cnc(NC(C)=O)s1)N1C[C@H](Oc2nccc(OC)n2)C[C@@H]1C. The van der Waals surface area contributed by atoms with Crippen molar-refractivity contribution in [3.05, 3.63) is 23.3 Å². The van der Waals surface area contributed by atoms with Crippen LogP contribution in [-0.4, -0.2) is 51.6 Å². The van der Waals surface area contributed by atoms with E-state index in [1.54, 1.807) is 17.2 Å². The van der Waals surface area contributed by atoms with E-state index in [0.717, 1.165) is 11.3 Å². The Hall–Kier alpha value is -2.26. The van der Waals surface area contributed by atoms with Crippen LogP contribution < -0.4 is 14.8 Å². The monoisotopic (exact) mass is 365 g/mol. The molecule has 0 aromatic carbocycles. The molecule has 1 N–H and O–H groups in total. The molecule has 25 heavy (non-hydrogen) atoms. The average molecular weight is 365 g/mol. The normalized spacial score (nSPS) is 22.2. The molecule has 1 aliphatic rings. The van der Waals surface area contributed by atoms with E-state index in [4.69, 9.17) is 12.2 Å². The summed E-state index contributed by atoms with van der Waals surface area (Å²) in [7, 11) is 1.52. The lowest BCUT2D eigenvalue weighted by molar-refractivity contribution is -0.114. The number of aromatic nitrogens is 3. The molecule has 134 valence electrons. The van der Waals surface area contributed by atoms with Gasteiger partial charge in [-0.2, -0.15) is 4.98 Å². The molecule has 0 saturated carbocycles. The molecular weight excluding hydrogens is 342 g/mol. The van der Waals surface area contributed by atoms with Crippen molar-refractivity contribution >= 4 is 22.4 Å². The Morgan fingerprint density at radius 3 is 3.16 bits per heavy atom. The number of amides is 1. The third-order valence-electron chi connectivity index (χ3n) is 3.67. The number of nitrogens with one attached hydrogen (secondary N) is 1. The Morgan fingerprint density at radius 1 is 1.56 bits per heavy atom. The van der Waals surface area contributed by atoms with E-state index < -0.39 is 6.50 Å².